The number of hydrogen-bond acceptors (Lipinski definition) is 3. The molecule has 0 fully saturated rings. The Kier molecular flexibility index (Phi) is 3.24. The zero-order valence-corrected chi connectivity index (χ0v) is 5.97. The van der Waals surface area contributed by atoms with Gasteiger partial charge in [0.2, 0.25) is 0 Å². The van der Waals surface area contributed by atoms with E-state index in [1.165, 1.54) is 0 Å². The predicted octanol–water partition coefficient (Wildman–Crippen LogP) is 0.0145. The van der Waals surface area contributed by atoms with Crippen LogP contribution in [0.1, 0.15) is 13.8 Å². The molecule has 0 aromatic carbocycles. The van der Waals surface area contributed by atoms with E-state index in [0.29, 0.717) is 0 Å². The minimum absolute atomic E-state index is 0.00755. The van der Waals surface area contributed by atoms with Crippen molar-refractivity contribution >= 4 is 12.1 Å². The molecule has 0 bridgehead atoms. The normalized spacial score (nSPS) is 9.10. The predicted molar refractivity (Wildman–Crippen MR) is 36.7 cm³/mol. The van der Waals surface area contributed by atoms with Crippen molar-refractivity contribution in [3.63, 3.8) is 0 Å². The summed E-state index contributed by atoms with van der Waals surface area (Å²) in [5.74, 6) is 0. The Labute approximate surface area is 59.0 Å². The fourth-order valence-electron chi connectivity index (χ4n) is 0.365. The lowest BCUT2D eigenvalue weighted by molar-refractivity contribution is 0.193. The third-order valence-corrected chi connectivity index (χ3v) is 0.609. The van der Waals surface area contributed by atoms with Crippen LogP contribution in [0.25, 0.3) is 0 Å². The molecule has 0 saturated heterocycles. The summed E-state index contributed by atoms with van der Waals surface area (Å²) in [6.45, 7) is 3.56. The molecule has 0 aliphatic carbocycles. The number of amidine groups is 1. The van der Waals surface area contributed by atoms with Crippen LogP contribution in [-0.2, 0) is 4.74 Å². The lowest BCUT2D eigenvalue weighted by Gasteiger charge is -2.06. The first-order chi connectivity index (χ1) is 4.52. The molecular formula is C5H11N3O2. The van der Waals surface area contributed by atoms with Crippen LogP contribution in [0, 0.1) is 5.41 Å². The molecule has 4 N–H and O–H groups in total. The molecule has 0 radical (unpaired) electrons. The number of amides is 1. The molecule has 1 amide bonds. The summed E-state index contributed by atoms with van der Waals surface area (Å²) in [6, 6.07) is -0.606. The van der Waals surface area contributed by atoms with E-state index >= 15 is 0 Å². The van der Waals surface area contributed by atoms with E-state index in [9.17, 15) is 4.79 Å². The second-order valence-corrected chi connectivity index (χ2v) is 2.05. The van der Waals surface area contributed by atoms with Crippen LogP contribution >= 0.6 is 0 Å². The molecule has 0 atom stereocenters. The number of rotatable bonds is 1. The van der Waals surface area contributed by atoms with E-state index in [1.807, 2.05) is 0 Å². The van der Waals surface area contributed by atoms with Gasteiger partial charge in [0, 0.05) is 6.04 Å². The Morgan fingerprint density at radius 2 is 2.20 bits per heavy atom. The lowest BCUT2D eigenvalue weighted by atomic mass is 10.4. The topological polar surface area (TPSA) is 88.2 Å². The van der Waals surface area contributed by atoms with Crippen LogP contribution in [0.2, 0.25) is 0 Å². The fraction of sp³-hybridized carbons (Fsp3) is 0.600. The van der Waals surface area contributed by atoms with Crippen molar-refractivity contribution in [1.29, 1.82) is 5.41 Å². The summed E-state index contributed by atoms with van der Waals surface area (Å²) in [5.41, 5.74) is 4.77. The number of nitrogens with two attached hydrogens (primary N) is 1. The van der Waals surface area contributed by atoms with Gasteiger partial charge in [0.05, 0.1) is 0 Å². The first-order valence-corrected chi connectivity index (χ1v) is 2.84. The van der Waals surface area contributed by atoms with Crippen molar-refractivity contribution < 1.29 is 9.53 Å². The van der Waals surface area contributed by atoms with Gasteiger partial charge in [0.1, 0.15) is 0 Å². The summed E-state index contributed by atoms with van der Waals surface area (Å²) < 4.78 is 4.17. The molecule has 0 unspecified atom stereocenters. The monoisotopic (exact) mass is 145 g/mol. The highest BCUT2D eigenvalue weighted by atomic mass is 16.6. The number of nitrogens with one attached hydrogen (secondary N) is 2. The van der Waals surface area contributed by atoms with E-state index < -0.39 is 12.1 Å². The number of hydrogen-bond donors (Lipinski definition) is 3. The largest absolute Gasteiger partial charge is 0.415 e. The zero-order valence-electron chi connectivity index (χ0n) is 5.97. The van der Waals surface area contributed by atoms with Crippen molar-refractivity contribution in [2.75, 3.05) is 0 Å². The van der Waals surface area contributed by atoms with Gasteiger partial charge in [-0.1, -0.05) is 0 Å². The van der Waals surface area contributed by atoms with Crippen LogP contribution in [0.4, 0.5) is 4.79 Å². The maximum Gasteiger partial charge on any atom is 0.415 e. The zero-order chi connectivity index (χ0) is 8.15. The summed E-state index contributed by atoms with van der Waals surface area (Å²) in [4.78, 5) is 10.5. The summed E-state index contributed by atoms with van der Waals surface area (Å²) in [5, 5.41) is 8.96. The van der Waals surface area contributed by atoms with E-state index in [2.05, 4.69) is 10.1 Å². The number of alkyl carbamates (subject to hydrolysis) is 1. The van der Waals surface area contributed by atoms with Crippen molar-refractivity contribution in [2.45, 2.75) is 19.9 Å². The van der Waals surface area contributed by atoms with Crippen LogP contribution in [0.3, 0.4) is 0 Å². The molecule has 0 spiro atoms. The minimum Gasteiger partial charge on any atom is -0.377 e. The van der Waals surface area contributed by atoms with Gasteiger partial charge in [-0.05, 0) is 13.8 Å². The van der Waals surface area contributed by atoms with E-state index in [4.69, 9.17) is 11.1 Å². The van der Waals surface area contributed by atoms with E-state index in [-0.39, 0.29) is 6.04 Å². The van der Waals surface area contributed by atoms with Gasteiger partial charge in [-0.25, -0.2) is 4.79 Å². The van der Waals surface area contributed by atoms with Gasteiger partial charge >= 0.3 is 6.09 Å². The molecule has 10 heavy (non-hydrogen) atoms. The van der Waals surface area contributed by atoms with Crippen molar-refractivity contribution in [3.8, 4) is 0 Å². The Hall–Kier alpha value is -1.26. The molecule has 5 heteroatoms. The quantitative estimate of drug-likeness (QED) is 0.359. The van der Waals surface area contributed by atoms with Crippen molar-refractivity contribution in [3.05, 3.63) is 0 Å². The van der Waals surface area contributed by atoms with Gasteiger partial charge in [-0.15, -0.1) is 0 Å². The van der Waals surface area contributed by atoms with Gasteiger partial charge in [-0.3, -0.25) is 5.41 Å². The van der Waals surface area contributed by atoms with Crippen LogP contribution in [-0.4, -0.2) is 18.2 Å². The standard InChI is InChI=1S/C5H11N3O2/c1-3(2)8-5(9)10-4(6)7/h3H,1-2H3,(H3,6,7)(H,8,9). The van der Waals surface area contributed by atoms with Crippen molar-refractivity contribution in [1.82, 2.24) is 5.32 Å². The van der Waals surface area contributed by atoms with E-state index in [0.717, 1.165) is 0 Å². The Balaban J connectivity index is 3.54. The lowest BCUT2D eigenvalue weighted by Crippen LogP contribution is -2.34. The molecule has 5 nitrogen and oxygen atoms in total. The smallest absolute Gasteiger partial charge is 0.377 e. The second-order valence-electron chi connectivity index (χ2n) is 2.05. The van der Waals surface area contributed by atoms with Crippen LogP contribution in [0.15, 0.2) is 0 Å². The molecule has 0 rings (SSSR count). The third-order valence-electron chi connectivity index (χ3n) is 0.609. The molecular weight excluding hydrogens is 134 g/mol. The van der Waals surface area contributed by atoms with E-state index in [1.54, 1.807) is 13.8 Å². The highest BCUT2D eigenvalue weighted by Gasteiger charge is 2.03. The summed E-state index contributed by atoms with van der Waals surface area (Å²) in [6.07, 6.45) is -0.692. The maximum absolute atomic E-state index is 10.5. The minimum atomic E-state index is -0.692. The van der Waals surface area contributed by atoms with Crippen LogP contribution < -0.4 is 11.1 Å². The molecule has 0 aliphatic rings. The van der Waals surface area contributed by atoms with Gasteiger partial charge < -0.3 is 15.8 Å². The highest BCUT2D eigenvalue weighted by Crippen LogP contribution is 1.80. The Morgan fingerprint density at radius 3 is 2.50 bits per heavy atom. The SMILES string of the molecule is CC(C)NC(=O)OC(=N)N. The molecule has 0 heterocycles. The first-order valence-electron chi connectivity index (χ1n) is 2.84. The number of carbonyl (C=O) groups is 1. The maximum atomic E-state index is 10.5. The Bertz CT molecular complexity index is 144. The highest BCUT2D eigenvalue weighted by molar-refractivity contribution is 5.83. The van der Waals surface area contributed by atoms with Gasteiger partial charge in [0.15, 0.2) is 0 Å². The number of carbonyl (C=O) groups excluding carboxylic acids is 1. The molecule has 0 aromatic heterocycles. The summed E-state index contributed by atoms with van der Waals surface area (Å²) in [7, 11) is 0. The second kappa shape index (κ2) is 3.71. The van der Waals surface area contributed by atoms with Crippen molar-refractivity contribution in [2.24, 2.45) is 5.73 Å². The molecule has 0 saturated carbocycles. The average molecular weight is 145 g/mol. The third kappa shape index (κ3) is 4.89. The fourth-order valence-corrected chi connectivity index (χ4v) is 0.365. The summed E-state index contributed by atoms with van der Waals surface area (Å²) >= 11 is 0. The van der Waals surface area contributed by atoms with Crippen LogP contribution in [0.5, 0.6) is 0 Å². The molecule has 0 aromatic rings. The molecule has 58 valence electrons. The van der Waals surface area contributed by atoms with Gasteiger partial charge in [0.25, 0.3) is 6.02 Å². The number of ether oxygens (including phenoxy) is 1. The Morgan fingerprint density at radius 1 is 1.70 bits per heavy atom. The molecule has 0 aliphatic heterocycles. The average Bonchev–Trinajstić information content (AvgIpc) is 1.58. The first kappa shape index (κ1) is 8.74. The van der Waals surface area contributed by atoms with Gasteiger partial charge in [-0.2, -0.15) is 0 Å².